The lowest BCUT2D eigenvalue weighted by molar-refractivity contribution is 0.0997. The molecule has 0 radical (unpaired) electrons. The van der Waals surface area contributed by atoms with E-state index in [1.165, 1.54) is 0 Å². The zero-order chi connectivity index (χ0) is 22.3. The van der Waals surface area contributed by atoms with Gasteiger partial charge in [-0.3, -0.25) is 14.3 Å². The van der Waals surface area contributed by atoms with Gasteiger partial charge in [0.25, 0.3) is 5.91 Å². The Balaban J connectivity index is 1.55. The summed E-state index contributed by atoms with van der Waals surface area (Å²) in [4.78, 5) is 24.2. The number of nitrogens with one attached hydrogen (secondary N) is 1. The van der Waals surface area contributed by atoms with Gasteiger partial charge < -0.3 is 15.8 Å². The van der Waals surface area contributed by atoms with E-state index in [9.17, 15) is 9.59 Å². The third-order valence-electron chi connectivity index (χ3n) is 4.81. The van der Waals surface area contributed by atoms with Crippen LogP contribution < -0.4 is 15.8 Å². The van der Waals surface area contributed by atoms with Gasteiger partial charge in [-0.2, -0.15) is 0 Å². The topological polar surface area (TPSA) is 99.2 Å². The van der Waals surface area contributed by atoms with Gasteiger partial charge in [0.1, 0.15) is 12.2 Å². The van der Waals surface area contributed by atoms with Crippen molar-refractivity contribution in [2.24, 2.45) is 5.73 Å². The van der Waals surface area contributed by atoms with Gasteiger partial charge in [-0.1, -0.05) is 60.7 Å². The zero-order valence-corrected chi connectivity index (χ0v) is 17.3. The van der Waals surface area contributed by atoms with Crippen LogP contribution >= 0.6 is 0 Å². The first-order valence-electron chi connectivity index (χ1n) is 10.1. The van der Waals surface area contributed by atoms with Crippen LogP contribution in [0.3, 0.4) is 0 Å². The molecule has 4 rings (SSSR count). The number of hydrogen-bond acceptors (Lipinski definition) is 4. The van der Waals surface area contributed by atoms with E-state index >= 15 is 0 Å². The Morgan fingerprint density at radius 2 is 1.50 bits per heavy atom. The van der Waals surface area contributed by atoms with Crippen molar-refractivity contribution in [3.8, 4) is 5.88 Å². The van der Waals surface area contributed by atoms with Crippen LogP contribution in [-0.2, 0) is 13.2 Å². The molecule has 0 aliphatic rings. The number of amides is 2. The molecule has 0 atom stereocenters. The van der Waals surface area contributed by atoms with Gasteiger partial charge in [0, 0.05) is 17.4 Å². The van der Waals surface area contributed by atoms with E-state index in [2.05, 4.69) is 10.4 Å². The van der Waals surface area contributed by atoms with Crippen LogP contribution in [0.25, 0.3) is 0 Å². The number of anilines is 1. The molecule has 0 spiro atoms. The summed E-state index contributed by atoms with van der Waals surface area (Å²) < 4.78 is 7.58. The van der Waals surface area contributed by atoms with Gasteiger partial charge in [-0.05, 0) is 35.4 Å². The van der Waals surface area contributed by atoms with Crippen LogP contribution in [0.15, 0.2) is 91.1 Å². The maximum absolute atomic E-state index is 13.0. The molecule has 7 heteroatoms. The van der Waals surface area contributed by atoms with Crippen molar-refractivity contribution in [3.05, 3.63) is 113 Å². The number of hydrogen-bond donors (Lipinski definition) is 2. The van der Waals surface area contributed by atoms with Gasteiger partial charge in [-0.25, -0.2) is 0 Å². The minimum atomic E-state index is -0.526. The SMILES string of the molecule is NC(=O)c1ccc(NC(=O)c2cn(Cc3ccccc3)nc2OCc2ccccc2)cc1. The van der Waals surface area contributed by atoms with Gasteiger partial charge in [-0.15, -0.1) is 5.10 Å². The zero-order valence-electron chi connectivity index (χ0n) is 17.3. The third kappa shape index (κ3) is 5.20. The van der Waals surface area contributed by atoms with Crippen molar-refractivity contribution >= 4 is 17.5 Å². The van der Waals surface area contributed by atoms with Crippen molar-refractivity contribution in [2.45, 2.75) is 13.2 Å². The average molecular weight is 426 g/mol. The summed E-state index contributed by atoms with van der Waals surface area (Å²) in [6, 6.07) is 25.9. The first-order chi connectivity index (χ1) is 15.6. The lowest BCUT2D eigenvalue weighted by Gasteiger charge is -2.07. The second-order valence-corrected chi connectivity index (χ2v) is 7.20. The highest BCUT2D eigenvalue weighted by molar-refractivity contribution is 6.06. The number of carbonyl (C=O) groups excluding carboxylic acids is 2. The number of nitrogens with zero attached hydrogens (tertiary/aromatic N) is 2. The highest BCUT2D eigenvalue weighted by atomic mass is 16.5. The van der Waals surface area contributed by atoms with Crippen molar-refractivity contribution in [3.63, 3.8) is 0 Å². The van der Waals surface area contributed by atoms with Crippen molar-refractivity contribution in [1.29, 1.82) is 0 Å². The highest BCUT2D eigenvalue weighted by Gasteiger charge is 2.19. The molecule has 0 saturated heterocycles. The fourth-order valence-electron chi connectivity index (χ4n) is 3.16. The van der Waals surface area contributed by atoms with Gasteiger partial charge >= 0.3 is 0 Å². The summed E-state index contributed by atoms with van der Waals surface area (Å²) in [5, 5.41) is 7.31. The molecule has 1 aromatic heterocycles. The minimum absolute atomic E-state index is 0.246. The predicted molar refractivity (Wildman–Crippen MR) is 121 cm³/mol. The second kappa shape index (κ2) is 9.61. The molecule has 3 aromatic carbocycles. The van der Waals surface area contributed by atoms with E-state index in [4.69, 9.17) is 10.5 Å². The fourth-order valence-corrected chi connectivity index (χ4v) is 3.16. The van der Waals surface area contributed by atoms with E-state index in [1.807, 2.05) is 60.7 Å². The summed E-state index contributed by atoms with van der Waals surface area (Å²) in [5.74, 6) is -0.642. The van der Waals surface area contributed by atoms with Crippen LogP contribution in [0.2, 0.25) is 0 Å². The molecule has 7 nitrogen and oxygen atoms in total. The van der Waals surface area contributed by atoms with E-state index in [1.54, 1.807) is 35.1 Å². The van der Waals surface area contributed by atoms with Crippen LogP contribution in [0.1, 0.15) is 31.8 Å². The molecule has 160 valence electrons. The van der Waals surface area contributed by atoms with Crippen molar-refractivity contribution in [2.75, 3.05) is 5.32 Å². The smallest absolute Gasteiger partial charge is 0.262 e. The molecule has 3 N–H and O–H groups in total. The number of benzene rings is 3. The number of nitrogens with two attached hydrogens (primary N) is 1. The molecular formula is C25H22N4O3. The quantitative estimate of drug-likeness (QED) is 0.447. The molecule has 0 aliphatic heterocycles. The summed E-state index contributed by atoms with van der Waals surface area (Å²) in [6.45, 7) is 0.792. The predicted octanol–water partition coefficient (Wildman–Crippen LogP) is 3.86. The first-order valence-corrected chi connectivity index (χ1v) is 10.1. The van der Waals surface area contributed by atoms with E-state index in [0.29, 0.717) is 23.4 Å². The van der Waals surface area contributed by atoms with Crippen LogP contribution in [0.4, 0.5) is 5.69 Å². The summed E-state index contributed by atoms with van der Waals surface area (Å²) in [6.07, 6.45) is 1.67. The second-order valence-electron chi connectivity index (χ2n) is 7.20. The largest absolute Gasteiger partial charge is 0.471 e. The highest BCUT2D eigenvalue weighted by Crippen LogP contribution is 2.21. The third-order valence-corrected chi connectivity index (χ3v) is 4.81. The Labute approximate surface area is 185 Å². The van der Waals surface area contributed by atoms with Gasteiger partial charge in [0.2, 0.25) is 11.8 Å². The number of carbonyl (C=O) groups is 2. The number of ether oxygens (including phenoxy) is 1. The molecule has 2 amide bonds. The molecular weight excluding hydrogens is 404 g/mol. The Morgan fingerprint density at radius 3 is 2.12 bits per heavy atom. The van der Waals surface area contributed by atoms with E-state index in [-0.39, 0.29) is 18.4 Å². The molecule has 0 saturated carbocycles. The number of aromatic nitrogens is 2. The lowest BCUT2D eigenvalue weighted by Crippen LogP contribution is -2.14. The summed E-state index contributed by atoms with van der Waals surface area (Å²) in [5.41, 5.74) is 8.51. The van der Waals surface area contributed by atoms with Crippen molar-refractivity contribution in [1.82, 2.24) is 9.78 Å². The molecule has 1 heterocycles. The van der Waals surface area contributed by atoms with Gasteiger partial charge in [0.15, 0.2) is 0 Å². The summed E-state index contributed by atoms with van der Waals surface area (Å²) in [7, 11) is 0. The molecule has 0 bridgehead atoms. The maximum Gasteiger partial charge on any atom is 0.262 e. The van der Waals surface area contributed by atoms with E-state index in [0.717, 1.165) is 11.1 Å². The summed E-state index contributed by atoms with van der Waals surface area (Å²) >= 11 is 0. The lowest BCUT2D eigenvalue weighted by atomic mass is 10.2. The molecule has 4 aromatic rings. The molecule has 0 unspecified atom stereocenters. The normalized spacial score (nSPS) is 10.5. The average Bonchev–Trinajstić information content (AvgIpc) is 3.22. The number of rotatable bonds is 8. The Hall–Kier alpha value is -4.39. The monoisotopic (exact) mass is 426 g/mol. The Bertz CT molecular complexity index is 1200. The standard InChI is InChI=1S/C25H22N4O3/c26-23(30)20-11-13-21(14-12-20)27-24(31)22-16-29(15-18-7-3-1-4-8-18)28-25(22)32-17-19-9-5-2-6-10-19/h1-14,16H,15,17H2,(H2,26,30)(H,27,31). The van der Waals surface area contributed by atoms with E-state index < -0.39 is 5.91 Å². The Morgan fingerprint density at radius 1 is 0.875 bits per heavy atom. The molecule has 0 fully saturated rings. The minimum Gasteiger partial charge on any atom is -0.471 e. The van der Waals surface area contributed by atoms with Gasteiger partial charge in [0.05, 0.1) is 6.54 Å². The molecule has 32 heavy (non-hydrogen) atoms. The van der Waals surface area contributed by atoms with Crippen molar-refractivity contribution < 1.29 is 14.3 Å². The maximum atomic E-state index is 13.0. The first kappa shape index (κ1) is 20.9. The van der Waals surface area contributed by atoms with Crippen LogP contribution in [-0.4, -0.2) is 21.6 Å². The number of primary amides is 1. The Kier molecular flexibility index (Phi) is 6.27. The molecule has 0 aliphatic carbocycles. The van der Waals surface area contributed by atoms with Crippen LogP contribution in [0.5, 0.6) is 5.88 Å². The fraction of sp³-hybridized carbons (Fsp3) is 0.0800. The van der Waals surface area contributed by atoms with Crippen LogP contribution in [0, 0.1) is 0 Å².